The van der Waals surface area contributed by atoms with E-state index in [-0.39, 0.29) is 6.04 Å². The van der Waals surface area contributed by atoms with Gasteiger partial charge in [0.05, 0.1) is 26.9 Å². The van der Waals surface area contributed by atoms with E-state index in [1.807, 2.05) is 25.1 Å². The number of hydrogen-bond donors (Lipinski definition) is 1. The SMILES string of the molecule is COCCOCCCOc1cc(OC)ccc1C(C)N. The lowest BCUT2D eigenvalue weighted by Crippen LogP contribution is -2.10. The molecule has 0 aliphatic heterocycles. The highest BCUT2D eigenvalue weighted by molar-refractivity contribution is 5.42. The van der Waals surface area contributed by atoms with Crippen LogP contribution in [0, 0.1) is 0 Å². The van der Waals surface area contributed by atoms with Gasteiger partial charge >= 0.3 is 0 Å². The molecule has 0 saturated heterocycles. The molecule has 1 rings (SSSR count). The van der Waals surface area contributed by atoms with Crippen molar-refractivity contribution < 1.29 is 18.9 Å². The molecule has 1 unspecified atom stereocenters. The van der Waals surface area contributed by atoms with Crippen molar-refractivity contribution in [1.82, 2.24) is 0 Å². The number of nitrogens with two attached hydrogens (primary N) is 1. The summed E-state index contributed by atoms with van der Waals surface area (Å²) in [4.78, 5) is 0. The summed E-state index contributed by atoms with van der Waals surface area (Å²) < 4.78 is 21.3. The van der Waals surface area contributed by atoms with Gasteiger partial charge in [-0.3, -0.25) is 0 Å². The first-order valence-corrected chi connectivity index (χ1v) is 6.82. The molecule has 0 aliphatic rings. The molecule has 0 bridgehead atoms. The Morgan fingerprint density at radius 3 is 2.55 bits per heavy atom. The zero-order valence-corrected chi connectivity index (χ0v) is 12.6. The number of ether oxygens (including phenoxy) is 4. The van der Waals surface area contributed by atoms with Crippen LogP contribution in [0.5, 0.6) is 11.5 Å². The fraction of sp³-hybridized carbons (Fsp3) is 0.600. The van der Waals surface area contributed by atoms with Gasteiger partial charge in [-0.15, -0.1) is 0 Å². The van der Waals surface area contributed by atoms with Crippen LogP contribution in [0.25, 0.3) is 0 Å². The molecular weight excluding hydrogens is 258 g/mol. The molecular formula is C15H25NO4. The van der Waals surface area contributed by atoms with E-state index in [2.05, 4.69) is 0 Å². The average molecular weight is 283 g/mol. The van der Waals surface area contributed by atoms with Crippen LogP contribution < -0.4 is 15.2 Å². The van der Waals surface area contributed by atoms with Gasteiger partial charge in [0.2, 0.25) is 0 Å². The Hall–Kier alpha value is -1.30. The Labute approximate surface area is 121 Å². The predicted octanol–water partition coefficient (Wildman–Crippen LogP) is 2.15. The van der Waals surface area contributed by atoms with Crippen molar-refractivity contribution in [3.63, 3.8) is 0 Å². The first-order valence-electron chi connectivity index (χ1n) is 6.82. The van der Waals surface area contributed by atoms with Gasteiger partial charge in [-0.1, -0.05) is 6.07 Å². The second-order valence-electron chi connectivity index (χ2n) is 4.50. The van der Waals surface area contributed by atoms with Gasteiger partial charge in [0.15, 0.2) is 0 Å². The van der Waals surface area contributed by atoms with E-state index in [1.165, 1.54) is 0 Å². The Balaban J connectivity index is 2.41. The lowest BCUT2D eigenvalue weighted by Gasteiger charge is -2.15. The molecule has 5 heteroatoms. The maximum Gasteiger partial charge on any atom is 0.127 e. The molecule has 20 heavy (non-hydrogen) atoms. The maximum absolute atomic E-state index is 5.93. The molecule has 0 aromatic heterocycles. The summed E-state index contributed by atoms with van der Waals surface area (Å²) in [5.41, 5.74) is 6.91. The van der Waals surface area contributed by atoms with Crippen molar-refractivity contribution >= 4 is 0 Å². The molecule has 1 aromatic rings. The van der Waals surface area contributed by atoms with E-state index >= 15 is 0 Å². The minimum Gasteiger partial charge on any atom is -0.497 e. The maximum atomic E-state index is 5.93. The molecule has 0 heterocycles. The Kier molecular flexibility index (Phi) is 8.02. The Bertz CT molecular complexity index is 382. The zero-order valence-electron chi connectivity index (χ0n) is 12.6. The third-order valence-electron chi connectivity index (χ3n) is 2.83. The minimum absolute atomic E-state index is 0.0751. The van der Waals surface area contributed by atoms with E-state index in [0.29, 0.717) is 26.4 Å². The normalized spacial score (nSPS) is 12.2. The monoisotopic (exact) mass is 283 g/mol. The van der Waals surface area contributed by atoms with Crippen molar-refractivity contribution in [3.8, 4) is 11.5 Å². The van der Waals surface area contributed by atoms with Crippen LogP contribution in [0.15, 0.2) is 18.2 Å². The number of rotatable bonds is 10. The largest absolute Gasteiger partial charge is 0.497 e. The van der Waals surface area contributed by atoms with Gasteiger partial charge in [-0.2, -0.15) is 0 Å². The molecule has 0 saturated carbocycles. The lowest BCUT2D eigenvalue weighted by molar-refractivity contribution is 0.0643. The molecule has 0 radical (unpaired) electrons. The van der Waals surface area contributed by atoms with Crippen molar-refractivity contribution in [2.45, 2.75) is 19.4 Å². The Morgan fingerprint density at radius 2 is 1.90 bits per heavy atom. The van der Waals surface area contributed by atoms with Crippen molar-refractivity contribution in [1.29, 1.82) is 0 Å². The summed E-state index contributed by atoms with van der Waals surface area (Å²) in [5.74, 6) is 1.54. The minimum atomic E-state index is -0.0751. The third-order valence-corrected chi connectivity index (χ3v) is 2.83. The fourth-order valence-corrected chi connectivity index (χ4v) is 1.73. The highest BCUT2D eigenvalue weighted by Crippen LogP contribution is 2.28. The molecule has 0 aliphatic carbocycles. The van der Waals surface area contributed by atoms with Crippen LogP contribution in [0.4, 0.5) is 0 Å². The number of hydrogen-bond acceptors (Lipinski definition) is 5. The van der Waals surface area contributed by atoms with Gasteiger partial charge in [0, 0.05) is 37.8 Å². The number of benzene rings is 1. The summed E-state index contributed by atoms with van der Waals surface area (Å²) in [6.07, 6.45) is 0.819. The molecule has 0 spiro atoms. The molecule has 5 nitrogen and oxygen atoms in total. The summed E-state index contributed by atoms with van der Waals surface area (Å²) >= 11 is 0. The molecule has 2 N–H and O–H groups in total. The quantitative estimate of drug-likeness (QED) is 0.667. The summed E-state index contributed by atoms with van der Waals surface area (Å²) in [5, 5.41) is 0. The molecule has 114 valence electrons. The van der Waals surface area contributed by atoms with Gasteiger partial charge in [0.1, 0.15) is 11.5 Å². The highest BCUT2D eigenvalue weighted by atomic mass is 16.5. The zero-order chi connectivity index (χ0) is 14.8. The van der Waals surface area contributed by atoms with Crippen molar-refractivity contribution in [3.05, 3.63) is 23.8 Å². The van der Waals surface area contributed by atoms with Gasteiger partial charge < -0.3 is 24.7 Å². The lowest BCUT2D eigenvalue weighted by atomic mass is 10.1. The van der Waals surface area contributed by atoms with Crippen LogP contribution in [-0.2, 0) is 9.47 Å². The summed E-state index contributed by atoms with van der Waals surface area (Å²) in [7, 11) is 3.29. The predicted molar refractivity (Wildman–Crippen MR) is 78.4 cm³/mol. The van der Waals surface area contributed by atoms with E-state index < -0.39 is 0 Å². The van der Waals surface area contributed by atoms with Gasteiger partial charge in [-0.25, -0.2) is 0 Å². The molecule has 0 amide bonds. The molecule has 0 fully saturated rings. The topological polar surface area (TPSA) is 62.9 Å². The smallest absolute Gasteiger partial charge is 0.127 e. The van der Waals surface area contributed by atoms with Gasteiger partial charge in [-0.05, 0) is 13.0 Å². The first-order chi connectivity index (χ1) is 9.69. The highest BCUT2D eigenvalue weighted by Gasteiger charge is 2.09. The summed E-state index contributed by atoms with van der Waals surface area (Å²) in [6.45, 7) is 4.40. The Morgan fingerprint density at radius 1 is 1.10 bits per heavy atom. The van der Waals surface area contributed by atoms with Crippen LogP contribution in [0.2, 0.25) is 0 Å². The van der Waals surface area contributed by atoms with Crippen molar-refractivity contribution in [2.24, 2.45) is 5.73 Å². The first kappa shape index (κ1) is 16.8. The third kappa shape index (κ3) is 5.77. The number of methoxy groups -OCH3 is 2. The van der Waals surface area contributed by atoms with Crippen LogP contribution in [-0.4, -0.2) is 40.6 Å². The average Bonchev–Trinajstić information content (AvgIpc) is 2.45. The molecule has 1 atom stereocenters. The van der Waals surface area contributed by atoms with E-state index in [9.17, 15) is 0 Å². The van der Waals surface area contributed by atoms with E-state index in [1.54, 1.807) is 14.2 Å². The van der Waals surface area contributed by atoms with Crippen LogP contribution in [0.3, 0.4) is 0 Å². The second kappa shape index (κ2) is 9.58. The second-order valence-corrected chi connectivity index (χ2v) is 4.50. The standard InChI is InChI=1S/C15H25NO4/c1-12(16)14-6-5-13(18-3)11-15(14)20-8-4-7-19-10-9-17-2/h5-6,11-12H,4,7-10,16H2,1-3H3. The van der Waals surface area contributed by atoms with E-state index in [4.69, 9.17) is 24.7 Å². The van der Waals surface area contributed by atoms with Crippen LogP contribution >= 0.6 is 0 Å². The molecule has 1 aromatic carbocycles. The van der Waals surface area contributed by atoms with Gasteiger partial charge in [0.25, 0.3) is 0 Å². The van der Waals surface area contributed by atoms with Crippen LogP contribution in [0.1, 0.15) is 24.9 Å². The van der Waals surface area contributed by atoms with Crippen molar-refractivity contribution in [2.75, 3.05) is 40.6 Å². The van der Waals surface area contributed by atoms with E-state index in [0.717, 1.165) is 23.5 Å². The summed E-state index contributed by atoms with van der Waals surface area (Å²) in [6, 6.07) is 5.62. The fourth-order valence-electron chi connectivity index (χ4n) is 1.73.